The molecule has 2 unspecified atom stereocenters. The topological polar surface area (TPSA) is 101 Å². The summed E-state index contributed by atoms with van der Waals surface area (Å²) >= 11 is 0. The molecule has 3 heterocycles. The summed E-state index contributed by atoms with van der Waals surface area (Å²) < 4.78 is 35.0. The summed E-state index contributed by atoms with van der Waals surface area (Å²) in [5, 5.41) is 13.3. The van der Waals surface area contributed by atoms with E-state index >= 15 is 0 Å². The van der Waals surface area contributed by atoms with Crippen molar-refractivity contribution in [1.29, 1.82) is 0 Å². The van der Waals surface area contributed by atoms with Crippen LogP contribution in [-0.2, 0) is 16.8 Å². The van der Waals surface area contributed by atoms with E-state index < -0.39 is 46.4 Å². The van der Waals surface area contributed by atoms with Gasteiger partial charge >= 0.3 is 0 Å². The normalized spacial score (nSPS) is 26.5. The first kappa shape index (κ1) is 20.3. The minimum atomic E-state index is -1.05. The maximum Gasteiger partial charge on any atom is 0.276 e. The second-order valence-corrected chi connectivity index (χ2v) is 9.27. The number of pyridine rings is 1. The van der Waals surface area contributed by atoms with E-state index in [9.17, 15) is 28.3 Å². The van der Waals surface area contributed by atoms with Crippen molar-refractivity contribution >= 4 is 11.8 Å². The number of ether oxygens (including phenoxy) is 1. The lowest BCUT2D eigenvalue weighted by Gasteiger charge is -2.44. The van der Waals surface area contributed by atoms with E-state index in [0.717, 1.165) is 31.4 Å². The van der Waals surface area contributed by atoms with Gasteiger partial charge in [0.2, 0.25) is 5.43 Å². The molecule has 2 aliphatic heterocycles. The van der Waals surface area contributed by atoms with E-state index in [1.54, 1.807) is 4.90 Å². The standard InChI is InChI=1S/C23H21F2N3O5/c24-11-1-4-15(16(25)7-11)23(5-6-23)26-21(31)14-9-27-10-17-28(12-2-3-13(8-12)33-17)22(32)18(27)20(30)19(14)29/h1,4,7,9,12-13,17,30H,2-3,5-6,8,10H2,(H,26,31)/t12?,13-,17?/m0/s1. The molecule has 1 aromatic heterocycles. The van der Waals surface area contributed by atoms with Gasteiger partial charge in [-0.25, -0.2) is 8.78 Å². The number of nitrogens with one attached hydrogen (secondary N) is 1. The Bertz CT molecular complexity index is 1270. The zero-order chi connectivity index (χ0) is 23.1. The van der Waals surface area contributed by atoms with Crippen LogP contribution in [0.15, 0.2) is 29.2 Å². The van der Waals surface area contributed by atoms with Crippen LogP contribution >= 0.6 is 0 Å². The van der Waals surface area contributed by atoms with Crippen LogP contribution in [0.25, 0.3) is 0 Å². The lowest BCUT2D eigenvalue weighted by molar-refractivity contribution is -0.132. The summed E-state index contributed by atoms with van der Waals surface area (Å²) in [6.07, 6.45) is 4.02. The predicted octanol–water partition coefficient (Wildman–Crippen LogP) is 1.98. The number of carbonyl (C=O) groups is 2. The first-order valence-corrected chi connectivity index (χ1v) is 11.0. The molecule has 6 rings (SSSR count). The number of hydrogen-bond donors (Lipinski definition) is 2. The Hall–Kier alpha value is -3.27. The molecule has 2 saturated carbocycles. The minimum absolute atomic E-state index is 0.00723. The average Bonchev–Trinajstić information content (AvgIpc) is 3.44. The molecule has 2 amide bonds. The van der Waals surface area contributed by atoms with Gasteiger partial charge in [-0.15, -0.1) is 0 Å². The number of halogens is 2. The van der Waals surface area contributed by atoms with Gasteiger partial charge < -0.3 is 24.6 Å². The Morgan fingerprint density at radius 2 is 2.00 bits per heavy atom. The van der Waals surface area contributed by atoms with Crippen molar-refractivity contribution in [2.24, 2.45) is 0 Å². The molecule has 4 aliphatic rings. The fourth-order valence-corrected chi connectivity index (χ4v) is 5.46. The van der Waals surface area contributed by atoms with Crippen molar-refractivity contribution in [3.8, 4) is 5.75 Å². The molecule has 1 aromatic carbocycles. The molecule has 2 N–H and O–H groups in total. The van der Waals surface area contributed by atoms with Gasteiger partial charge in [-0.2, -0.15) is 0 Å². The van der Waals surface area contributed by atoms with Crippen LogP contribution < -0.4 is 10.7 Å². The summed E-state index contributed by atoms with van der Waals surface area (Å²) in [4.78, 5) is 40.6. The van der Waals surface area contributed by atoms with E-state index in [0.29, 0.717) is 12.8 Å². The number of rotatable bonds is 3. The van der Waals surface area contributed by atoms with E-state index in [-0.39, 0.29) is 35.5 Å². The third-order valence-electron chi connectivity index (χ3n) is 7.25. The van der Waals surface area contributed by atoms with Crippen LogP contribution in [0.5, 0.6) is 5.75 Å². The summed E-state index contributed by atoms with van der Waals surface area (Å²) in [7, 11) is 0. The smallest absolute Gasteiger partial charge is 0.276 e. The number of amides is 2. The van der Waals surface area contributed by atoms with Crippen LogP contribution in [-0.4, -0.2) is 44.8 Å². The predicted molar refractivity (Wildman–Crippen MR) is 110 cm³/mol. The van der Waals surface area contributed by atoms with Crippen LogP contribution in [0.4, 0.5) is 8.78 Å². The average molecular weight is 457 g/mol. The van der Waals surface area contributed by atoms with Gasteiger partial charge in [-0.05, 0) is 38.2 Å². The molecule has 33 heavy (non-hydrogen) atoms. The Morgan fingerprint density at radius 3 is 2.73 bits per heavy atom. The number of nitrogens with zero attached hydrogens (tertiary/aromatic N) is 2. The molecule has 10 heteroatoms. The van der Waals surface area contributed by atoms with Crippen molar-refractivity contribution in [1.82, 2.24) is 14.8 Å². The lowest BCUT2D eigenvalue weighted by atomic mass is 10.0. The molecular formula is C23H21F2N3O5. The zero-order valence-corrected chi connectivity index (χ0v) is 17.5. The van der Waals surface area contributed by atoms with Gasteiger partial charge in [0.25, 0.3) is 11.8 Å². The number of benzene rings is 1. The summed E-state index contributed by atoms with van der Waals surface area (Å²) in [5.41, 5.74) is -2.40. The van der Waals surface area contributed by atoms with Crippen molar-refractivity contribution in [3.05, 3.63) is 63.1 Å². The third-order valence-corrected chi connectivity index (χ3v) is 7.25. The molecule has 8 nitrogen and oxygen atoms in total. The second kappa shape index (κ2) is 6.86. The number of fused-ring (bicyclic) bond motifs is 5. The zero-order valence-electron chi connectivity index (χ0n) is 17.5. The summed E-state index contributed by atoms with van der Waals surface area (Å²) in [6, 6.07) is 3.14. The largest absolute Gasteiger partial charge is 0.503 e. The highest BCUT2D eigenvalue weighted by molar-refractivity contribution is 5.99. The molecule has 2 aromatic rings. The highest BCUT2D eigenvalue weighted by Gasteiger charge is 2.49. The van der Waals surface area contributed by atoms with Gasteiger partial charge in [-0.1, -0.05) is 6.07 Å². The van der Waals surface area contributed by atoms with E-state index in [4.69, 9.17) is 4.74 Å². The fraction of sp³-hybridized carbons (Fsp3) is 0.435. The van der Waals surface area contributed by atoms with Gasteiger partial charge in [0, 0.05) is 23.9 Å². The van der Waals surface area contributed by atoms with Gasteiger partial charge in [-0.3, -0.25) is 14.4 Å². The maximum atomic E-state index is 14.3. The molecule has 1 saturated heterocycles. The van der Waals surface area contributed by atoms with Crippen LogP contribution in [0.2, 0.25) is 0 Å². The first-order valence-electron chi connectivity index (χ1n) is 11.0. The van der Waals surface area contributed by atoms with Crippen molar-refractivity contribution in [2.45, 2.75) is 62.6 Å². The lowest BCUT2D eigenvalue weighted by Crippen LogP contribution is -2.57. The molecule has 3 atom stereocenters. The molecule has 2 aliphatic carbocycles. The van der Waals surface area contributed by atoms with Gasteiger partial charge in [0.05, 0.1) is 18.2 Å². The molecule has 3 fully saturated rings. The summed E-state index contributed by atoms with van der Waals surface area (Å²) in [6.45, 7) is 0.180. The van der Waals surface area contributed by atoms with Crippen molar-refractivity contribution in [2.75, 3.05) is 0 Å². The van der Waals surface area contributed by atoms with Crippen LogP contribution in [0, 0.1) is 11.6 Å². The first-order chi connectivity index (χ1) is 15.8. The Kier molecular flexibility index (Phi) is 4.23. The number of hydrogen-bond acceptors (Lipinski definition) is 5. The Morgan fingerprint density at radius 1 is 1.21 bits per heavy atom. The Balaban J connectivity index is 1.34. The highest BCUT2D eigenvalue weighted by atomic mass is 19.1. The molecule has 0 radical (unpaired) electrons. The monoisotopic (exact) mass is 457 g/mol. The second-order valence-electron chi connectivity index (χ2n) is 9.27. The number of aromatic hydroxyl groups is 1. The van der Waals surface area contributed by atoms with E-state index in [1.165, 1.54) is 16.8 Å². The van der Waals surface area contributed by atoms with Gasteiger partial charge in [0.15, 0.2) is 17.7 Å². The fourth-order valence-electron chi connectivity index (χ4n) is 5.46. The SMILES string of the molecule is O=C(NC1(c2ccc(F)cc2F)CC1)c1cn2c(c(O)c1=O)C(=O)N1C3CC[C@@H](C3)OC1C2. The molecule has 2 bridgehead atoms. The number of aromatic nitrogens is 1. The van der Waals surface area contributed by atoms with Crippen LogP contribution in [0.3, 0.4) is 0 Å². The van der Waals surface area contributed by atoms with E-state index in [2.05, 4.69) is 5.32 Å². The Labute approximate surface area is 186 Å². The molecule has 172 valence electrons. The molecular weight excluding hydrogens is 436 g/mol. The van der Waals surface area contributed by atoms with Gasteiger partial charge in [0.1, 0.15) is 17.2 Å². The molecule has 0 spiro atoms. The number of carbonyl (C=O) groups excluding carboxylic acids is 2. The van der Waals surface area contributed by atoms with E-state index in [1.807, 2.05) is 0 Å². The minimum Gasteiger partial charge on any atom is -0.503 e. The van der Waals surface area contributed by atoms with Crippen molar-refractivity contribution < 1.29 is 28.2 Å². The van der Waals surface area contributed by atoms with Crippen LogP contribution in [0.1, 0.15) is 58.5 Å². The third kappa shape index (κ3) is 3.00. The quantitative estimate of drug-likeness (QED) is 0.734. The summed E-state index contributed by atoms with van der Waals surface area (Å²) in [5.74, 6) is -3.60. The van der Waals surface area contributed by atoms with Crippen molar-refractivity contribution in [3.63, 3.8) is 0 Å². The highest BCUT2D eigenvalue weighted by Crippen LogP contribution is 2.47. The maximum absolute atomic E-state index is 14.3.